The van der Waals surface area contributed by atoms with Crippen LogP contribution in [0, 0.1) is 0 Å². The van der Waals surface area contributed by atoms with E-state index < -0.39 is 5.97 Å². The number of carboxylic acid groups (broad SMARTS) is 1. The molecule has 1 rings (SSSR count). The van der Waals surface area contributed by atoms with Crippen molar-refractivity contribution in [3.05, 3.63) is 48.6 Å². The number of hydrogen-bond acceptors (Lipinski definition) is 2. The van der Waals surface area contributed by atoms with Gasteiger partial charge in [0.1, 0.15) is 0 Å². The van der Waals surface area contributed by atoms with Crippen molar-refractivity contribution in [2.24, 2.45) is 0 Å². The van der Waals surface area contributed by atoms with Crippen molar-refractivity contribution in [3.63, 3.8) is 0 Å². The van der Waals surface area contributed by atoms with Gasteiger partial charge < -0.3 is 10.2 Å². The fourth-order valence-electron chi connectivity index (χ4n) is 0.581. The molecular formula is C10H12O3. The van der Waals surface area contributed by atoms with Crippen molar-refractivity contribution in [2.45, 2.75) is 0 Å². The number of carboxylic acids is 1. The lowest BCUT2D eigenvalue weighted by Crippen LogP contribution is -1.93. The molecule has 1 aromatic rings. The van der Waals surface area contributed by atoms with Crippen LogP contribution in [0.25, 0.3) is 0 Å². The van der Waals surface area contributed by atoms with Crippen LogP contribution in [0.4, 0.5) is 0 Å². The average Bonchev–Trinajstić information content (AvgIpc) is 2.19. The van der Waals surface area contributed by atoms with Crippen molar-refractivity contribution < 1.29 is 15.0 Å². The Labute approximate surface area is 77.0 Å². The molecule has 0 amide bonds. The third kappa shape index (κ3) is 5.64. The molecule has 0 aliphatic heterocycles. The van der Waals surface area contributed by atoms with Crippen molar-refractivity contribution in [1.29, 1.82) is 0 Å². The van der Waals surface area contributed by atoms with E-state index in [4.69, 9.17) is 10.2 Å². The SMILES string of the molecule is C=CCO.O=C(O)c1ccccc1. The fraction of sp³-hybridized carbons (Fsp3) is 0.100. The molecule has 2 N–H and O–H groups in total. The standard InChI is InChI=1S/C7H6O2.C3H6O/c8-7(9)6-4-2-1-3-5-6;1-2-3-4/h1-5H,(H,8,9);2,4H,1,3H2. The Hall–Kier alpha value is -1.61. The first kappa shape index (κ1) is 11.4. The lowest BCUT2D eigenvalue weighted by molar-refractivity contribution is 0.0697. The topological polar surface area (TPSA) is 57.5 Å². The highest BCUT2D eigenvalue weighted by molar-refractivity contribution is 5.87. The molecule has 0 unspecified atom stereocenters. The van der Waals surface area contributed by atoms with Crippen molar-refractivity contribution in [3.8, 4) is 0 Å². The minimum absolute atomic E-state index is 0.0833. The van der Waals surface area contributed by atoms with E-state index in [-0.39, 0.29) is 6.61 Å². The zero-order valence-corrected chi connectivity index (χ0v) is 7.18. The van der Waals surface area contributed by atoms with Crippen LogP contribution in [0.3, 0.4) is 0 Å². The summed E-state index contributed by atoms with van der Waals surface area (Å²) < 4.78 is 0. The highest BCUT2D eigenvalue weighted by atomic mass is 16.4. The van der Waals surface area contributed by atoms with Crippen LogP contribution in [0.5, 0.6) is 0 Å². The highest BCUT2D eigenvalue weighted by Crippen LogP contribution is 1.96. The van der Waals surface area contributed by atoms with Crippen LogP contribution in [0.1, 0.15) is 10.4 Å². The average molecular weight is 180 g/mol. The molecule has 0 saturated heterocycles. The first-order valence-corrected chi connectivity index (χ1v) is 3.72. The minimum Gasteiger partial charge on any atom is -0.478 e. The smallest absolute Gasteiger partial charge is 0.335 e. The number of hydrogen-bond donors (Lipinski definition) is 2. The Morgan fingerprint density at radius 3 is 2.08 bits per heavy atom. The first-order valence-electron chi connectivity index (χ1n) is 3.72. The highest BCUT2D eigenvalue weighted by Gasteiger charge is 1.96. The lowest BCUT2D eigenvalue weighted by Gasteiger charge is -1.88. The Morgan fingerprint density at radius 2 is 1.85 bits per heavy atom. The van der Waals surface area contributed by atoms with E-state index in [1.165, 1.54) is 6.08 Å². The first-order chi connectivity index (χ1) is 6.22. The number of aliphatic hydroxyl groups is 1. The number of aromatic carboxylic acids is 1. The molecule has 1 aromatic carbocycles. The molecule has 0 aliphatic carbocycles. The fourth-order valence-corrected chi connectivity index (χ4v) is 0.581. The molecule has 0 spiro atoms. The molecular weight excluding hydrogens is 168 g/mol. The van der Waals surface area contributed by atoms with Gasteiger partial charge in [-0.3, -0.25) is 0 Å². The molecule has 0 radical (unpaired) electrons. The monoisotopic (exact) mass is 180 g/mol. The molecule has 0 fully saturated rings. The Kier molecular flexibility index (Phi) is 6.19. The van der Waals surface area contributed by atoms with E-state index in [1.807, 2.05) is 0 Å². The zero-order chi connectivity index (χ0) is 10.1. The predicted octanol–water partition coefficient (Wildman–Crippen LogP) is 1.55. The van der Waals surface area contributed by atoms with Crippen molar-refractivity contribution in [2.75, 3.05) is 6.61 Å². The van der Waals surface area contributed by atoms with Crippen LogP contribution < -0.4 is 0 Å². The quantitative estimate of drug-likeness (QED) is 0.679. The van der Waals surface area contributed by atoms with E-state index in [0.717, 1.165) is 0 Å². The molecule has 0 saturated carbocycles. The van der Waals surface area contributed by atoms with Gasteiger partial charge in [-0.2, -0.15) is 0 Å². The molecule has 0 heterocycles. The van der Waals surface area contributed by atoms with Crippen LogP contribution in [-0.4, -0.2) is 22.8 Å². The van der Waals surface area contributed by atoms with Crippen LogP contribution in [0.15, 0.2) is 43.0 Å². The van der Waals surface area contributed by atoms with Gasteiger partial charge >= 0.3 is 5.97 Å². The molecule has 70 valence electrons. The summed E-state index contributed by atoms with van der Waals surface area (Å²) >= 11 is 0. The summed E-state index contributed by atoms with van der Waals surface area (Å²) in [5, 5.41) is 16.1. The number of carbonyl (C=O) groups is 1. The summed E-state index contributed by atoms with van der Waals surface area (Å²) in [5.74, 6) is -0.879. The molecule has 13 heavy (non-hydrogen) atoms. The van der Waals surface area contributed by atoms with Gasteiger partial charge in [-0.1, -0.05) is 24.3 Å². The van der Waals surface area contributed by atoms with E-state index >= 15 is 0 Å². The summed E-state index contributed by atoms with van der Waals surface area (Å²) in [6, 6.07) is 8.30. The molecule has 3 nitrogen and oxygen atoms in total. The normalized spacial score (nSPS) is 8.08. The van der Waals surface area contributed by atoms with Crippen LogP contribution >= 0.6 is 0 Å². The maximum atomic E-state index is 10.2. The largest absolute Gasteiger partial charge is 0.478 e. The summed E-state index contributed by atoms with van der Waals surface area (Å²) in [7, 11) is 0. The van der Waals surface area contributed by atoms with E-state index in [1.54, 1.807) is 30.3 Å². The minimum atomic E-state index is -0.879. The second-order valence-electron chi connectivity index (χ2n) is 2.14. The lowest BCUT2D eigenvalue weighted by atomic mass is 10.2. The van der Waals surface area contributed by atoms with Gasteiger partial charge in [-0.25, -0.2) is 4.79 Å². The predicted molar refractivity (Wildman–Crippen MR) is 50.7 cm³/mol. The number of aliphatic hydroxyl groups excluding tert-OH is 1. The summed E-state index contributed by atoms with van der Waals surface area (Å²) in [6.07, 6.45) is 1.43. The second-order valence-corrected chi connectivity index (χ2v) is 2.14. The Bertz CT molecular complexity index is 254. The molecule has 0 atom stereocenters. The van der Waals surface area contributed by atoms with E-state index in [0.29, 0.717) is 5.56 Å². The number of rotatable bonds is 2. The van der Waals surface area contributed by atoms with Crippen LogP contribution in [0.2, 0.25) is 0 Å². The van der Waals surface area contributed by atoms with Gasteiger partial charge in [0.25, 0.3) is 0 Å². The molecule has 3 heteroatoms. The van der Waals surface area contributed by atoms with Gasteiger partial charge in [0, 0.05) is 0 Å². The zero-order valence-electron chi connectivity index (χ0n) is 7.18. The van der Waals surface area contributed by atoms with Gasteiger partial charge in [0.05, 0.1) is 12.2 Å². The maximum Gasteiger partial charge on any atom is 0.335 e. The summed E-state index contributed by atoms with van der Waals surface area (Å²) in [6.45, 7) is 3.31. The van der Waals surface area contributed by atoms with Gasteiger partial charge in [-0.05, 0) is 12.1 Å². The van der Waals surface area contributed by atoms with Gasteiger partial charge in [0.15, 0.2) is 0 Å². The number of benzene rings is 1. The Balaban J connectivity index is 0.000000310. The third-order valence-electron chi connectivity index (χ3n) is 1.15. The van der Waals surface area contributed by atoms with Crippen molar-refractivity contribution in [1.82, 2.24) is 0 Å². The van der Waals surface area contributed by atoms with Gasteiger partial charge in [0.2, 0.25) is 0 Å². The van der Waals surface area contributed by atoms with E-state index in [2.05, 4.69) is 6.58 Å². The van der Waals surface area contributed by atoms with Gasteiger partial charge in [-0.15, -0.1) is 6.58 Å². The molecule has 0 aliphatic rings. The maximum absolute atomic E-state index is 10.2. The Morgan fingerprint density at radius 1 is 1.38 bits per heavy atom. The second kappa shape index (κ2) is 7.06. The summed E-state index contributed by atoms with van der Waals surface area (Å²) in [5.41, 5.74) is 0.331. The van der Waals surface area contributed by atoms with Crippen molar-refractivity contribution >= 4 is 5.97 Å². The van der Waals surface area contributed by atoms with E-state index in [9.17, 15) is 4.79 Å². The summed E-state index contributed by atoms with van der Waals surface area (Å²) in [4.78, 5) is 10.2. The molecule has 0 bridgehead atoms. The van der Waals surface area contributed by atoms with Crippen LogP contribution in [-0.2, 0) is 0 Å². The third-order valence-corrected chi connectivity index (χ3v) is 1.15. The molecule has 0 aromatic heterocycles.